The second kappa shape index (κ2) is 21.2. The Morgan fingerprint density at radius 1 is 1.10 bits per heavy atom. The number of nitrogens with one attached hydrogen (secondary N) is 2. The molecule has 0 unspecified atom stereocenters. The number of methoxy groups -OCH3 is 1. The summed E-state index contributed by atoms with van der Waals surface area (Å²) < 4.78 is 30.3. The molecule has 0 bridgehead atoms. The SMILES string of the molecule is CC[C@H](C)[C@H](NC(=O)[C@@H](C[C@H](O)[C@H](COCc1ccc(C#CC2CC2)c(OCCCOC)c1)N=[N+]=[N-])C(C)C)C(=O)NCc1ccc(F)cc1. The van der Waals surface area contributed by atoms with E-state index in [2.05, 4.69) is 32.5 Å². The Hall–Kier alpha value is -4.14. The van der Waals surface area contributed by atoms with Gasteiger partial charge in [0.2, 0.25) is 11.8 Å². The fourth-order valence-corrected chi connectivity index (χ4v) is 5.22. The second-order valence-corrected chi connectivity index (χ2v) is 13.2. The van der Waals surface area contributed by atoms with Gasteiger partial charge < -0.3 is 30.0 Å². The summed E-state index contributed by atoms with van der Waals surface area (Å²) in [6, 6.07) is 9.74. The van der Waals surface area contributed by atoms with Crippen LogP contribution in [-0.4, -0.2) is 62.0 Å². The Morgan fingerprint density at radius 2 is 1.82 bits per heavy atom. The molecule has 1 fully saturated rings. The Balaban J connectivity index is 1.62. The van der Waals surface area contributed by atoms with Crippen molar-refractivity contribution in [1.29, 1.82) is 0 Å². The molecule has 1 aliphatic carbocycles. The smallest absolute Gasteiger partial charge is 0.243 e. The molecule has 0 aliphatic heterocycles. The lowest BCUT2D eigenvalue weighted by Crippen LogP contribution is -2.52. The first kappa shape index (κ1) is 40.3. The lowest BCUT2D eigenvalue weighted by atomic mass is 9.86. The molecule has 3 N–H and O–H groups in total. The van der Waals surface area contributed by atoms with Crippen molar-refractivity contribution in [2.75, 3.05) is 26.9 Å². The zero-order valence-electron chi connectivity index (χ0n) is 29.9. The molecule has 50 heavy (non-hydrogen) atoms. The van der Waals surface area contributed by atoms with Crippen LogP contribution in [0.4, 0.5) is 4.39 Å². The zero-order valence-corrected chi connectivity index (χ0v) is 29.9. The van der Waals surface area contributed by atoms with E-state index < -0.39 is 24.1 Å². The molecular formula is C38H52FN5O6. The minimum absolute atomic E-state index is 0.00516. The van der Waals surface area contributed by atoms with Crippen molar-refractivity contribution in [3.05, 3.63) is 75.4 Å². The van der Waals surface area contributed by atoms with E-state index in [1.807, 2.05) is 45.9 Å². The van der Waals surface area contributed by atoms with Crippen LogP contribution in [0.1, 0.15) is 76.5 Å². The van der Waals surface area contributed by atoms with Gasteiger partial charge in [-0.1, -0.05) is 69.3 Å². The molecule has 0 heterocycles. The van der Waals surface area contributed by atoms with Crippen LogP contribution in [0.3, 0.4) is 0 Å². The molecule has 0 saturated heterocycles. The standard InChI is InChI=1S/C38H52FN5O6/c1-6-26(4)36(38(47)41-22-28-12-16-31(39)17-13-28)42-37(46)32(25(2)3)21-34(45)33(43-44-40)24-49-23-29-11-15-30(14-10-27-8-9-27)35(20-29)50-19-7-18-48-5/h11-13,15-17,20,25-27,32-34,36,45H,6-9,18-19,21-24H2,1-5H3,(H,41,47)(H,42,46)/t26-,32-,33-,34-,36-/m0/s1. The summed E-state index contributed by atoms with van der Waals surface area (Å²) in [4.78, 5) is 29.7. The lowest BCUT2D eigenvalue weighted by molar-refractivity contribution is -0.134. The third kappa shape index (κ3) is 13.6. The molecule has 272 valence electrons. The highest BCUT2D eigenvalue weighted by Crippen LogP contribution is 2.29. The number of rotatable bonds is 21. The minimum atomic E-state index is -1.18. The first-order chi connectivity index (χ1) is 24.1. The van der Waals surface area contributed by atoms with E-state index in [9.17, 15) is 24.6 Å². The van der Waals surface area contributed by atoms with Crippen LogP contribution < -0.4 is 15.4 Å². The van der Waals surface area contributed by atoms with Crippen molar-refractivity contribution in [1.82, 2.24) is 10.6 Å². The molecule has 5 atom stereocenters. The molecule has 1 saturated carbocycles. The van der Waals surface area contributed by atoms with E-state index in [0.29, 0.717) is 31.3 Å². The number of hydrogen-bond acceptors (Lipinski definition) is 7. The van der Waals surface area contributed by atoms with E-state index in [-0.39, 0.29) is 55.6 Å². The molecule has 2 aromatic rings. The first-order valence-electron chi connectivity index (χ1n) is 17.4. The molecule has 2 amide bonds. The number of hydrogen-bond donors (Lipinski definition) is 3. The maximum absolute atomic E-state index is 13.6. The topological polar surface area (TPSA) is 155 Å². The highest BCUT2D eigenvalue weighted by molar-refractivity contribution is 5.88. The zero-order chi connectivity index (χ0) is 36.5. The predicted octanol–water partition coefficient (Wildman–Crippen LogP) is 6.07. The maximum Gasteiger partial charge on any atom is 0.243 e. The molecule has 1 aliphatic rings. The number of benzene rings is 2. The molecule has 0 aromatic heterocycles. The number of carbonyl (C=O) groups is 2. The van der Waals surface area contributed by atoms with Gasteiger partial charge in [-0.3, -0.25) is 9.59 Å². The van der Waals surface area contributed by atoms with Crippen LogP contribution in [0, 0.1) is 41.3 Å². The van der Waals surface area contributed by atoms with Gasteiger partial charge in [-0.15, -0.1) is 0 Å². The van der Waals surface area contributed by atoms with Gasteiger partial charge in [-0.25, -0.2) is 4.39 Å². The second-order valence-electron chi connectivity index (χ2n) is 13.2. The van der Waals surface area contributed by atoms with Crippen LogP contribution in [-0.2, 0) is 32.2 Å². The molecule has 11 nitrogen and oxygen atoms in total. The third-order valence-corrected chi connectivity index (χ3v) is 8.80. The summed E-state index contributed by atoms with van der Waals surface area (Å²) in [5.41, 5.74) is 11.6. The summed E-state index contributed by atoms with van der Waals surface area (Å²) in [5.74, 6) is 5.45. The van der Waals surface area contributed by atoms with Gasteiger partial charge in [0.15, 0.2) is 0 Å². The van der Waals surface area contributed by atoms with Gasteiger partial charge >= 0.3 is 0 Å². The molecule has 3 rings (SSSR count). The van der Waals surface area contributed by atoms with Crippen molar-refractivity contribution in [2.45, 2.75) is 91.1 Å². The Labute approximate surface area is 295 Å². The monoisotopic (exact) mass is 693 g/mol. The number of nitrogens with zero attached hydrogens (tertiary/aromatic N) is 3. The molecule has 0 radical (unpaired) electrons. The van der Waals surface area contributed by atoms with Crippen molar-refractivity contribution < 1.29 is 33.3 Å². The van der Waals surface area contributed by atoms with E-state index in [1.54, 1.807) is 19.2 Å². The van der Waals surface area contributed by atoms with Crippen molar-refractivity contribution in [2.24, 2.45) is 28.8 Å². The molecule has 0 spiro atoms. The first-order valence-corrected chi connectivity index (χ1v) is 17.4. The van der Waals surface area contributed by atoms with E-state index in [1.165, 1.54) is 12.1 Å². The van der Waals surface area contributed by atoms with Gasteiger partial charge in [0.05, 0.1) is 37.5 Å². The van der Waals surface area contributed by atoms with Crippen molar-refractivity contribution in [3.8, 4) is 17.6 Å². The number of azide groups is 1. The summed E-state index contributed by atoms with van der Waals surface area (Å²) in [6.45, 7) is 8.86. The van der Waals surface area contributed by atoms with Gasteiger partial charge in [0.25, 0.3) is 0 Å². The Kier molecular flexibility index (Phi) is 17.1. The van der Waals surface area contributed by atoms with Gasteiger partial charge in [-0.2, -0.15) is 0 Å². The Morgan fingerprint density at radius 3 is 2.46 bits per heavy atom. The van der Waals surface area contributed by atoms with Crippen molar-refractivity contribution >= 4 is 11.8 Å². The van der Waals surface area contributed by atoms with Crippen LogP contribution in [0.15, 0.2) is 47.6 Å². The van der Waals surface area contributed by atoms with Crippen LogP contribution in [0.5, 0.6) is 5.75 Å². The average Bonchev–Trinajstić information content (AvgIpc) is 3.94. The Bertz CT molecular complexity index is 1480. The molecule has 12 heteroatoms. The fourth-order valence-electron chi connectivity index (χ4n) is 5.22. The number of aliphatic hydroxyl groups excluding tert-OH is 1. The van der Waals surface area contributed by atoms with Gasteiger partial charge in [0.1, 0.15) is 17.6 Å². The normalized spacial score (nSPS) is 15.4. The molecule has 2 aromatic carbocycles. The fraction of sp³-hybridized carbons (Fsp3) is 0.579. The number of ether oxygens (including phenoxy) is 3. The third-order valence-electron chi connectivity index (χ3n) is 8.80. The summed E-state index contributed by atoms with van der Waals surface area (Å²) in [5, 5.41) is 20.7. The number of halogens is 1. The van der Waals surface area contributed by atoms with Crippen molar-refractivity contribution in [3.63, 3.8) is 0 Å². The molecular weight excluding hydrogens is 641 g/mol. The predicted molar refractivity (Wildman–Crippen MR) is 189 cm³/mol. The quantitative estimate of drug-likeness (QED) is 0.0474. The minimum Gasteiger partial charge on any atom is -0.492 e. The number of carbonyl (C=O) groups excluding carboxylic acids is 2. The largest absolute Gasteiger partial charge is 0.492 e. The van der Waals surface area contributed by atoms with Crippen LogP contribution in [0.25, 0.3) is 10.4 Å². The van der Waals surface area contributed by atoms with Crippen LogP contribution in [0.2, 0.25) is 0 Å². The summed E-state index contributed by atoms with van der Waals surface area (Å²) >= 11 is 0. The maximum atomic E-state index is 13.6. The average molecular weight is 694 g/mol. The van der Waals surface area contributed by atoms with Gasteiger partial charge in [-0.05, 0) is 72.0 Å². The van der Waals surface area contributed by atoms with Crippen LogP contribution >= 0.6 is 0 Å². The number of aliphatic hydroxyl groups is 1. The highest BCUT2D eigenvalue weighted by Gasteiger charge is 2.33. The highest BCUT2D eigenvalue weighted by atomic mass is 19.1. The summed E-state index contributed by atoms with van der Waals surface area (Å²) in [6.07, 6.45) is 2.43. The van der Waals surface area contributed by atoms with Gasteiger partial charge in [0, 0.05) is 43.4 Å². The number of amides is 2. The van der Waals surface area contributed by atoms with E-state index in [4.69, 9.17) is 14.2 Å². The van der Waals surface area contributed by atoms with E-state index in [0.717, 1.165) is 36.0 Å². The lowest BCUT2D eigenvalue weighted by Gasteiger charge is -2.29. The summed E-state index contributed by atoms with van der Waals surface area (Å²) in [7, 11) is 1.65. The van der Waals surface area contributed by atoms with E-state index >= 15 is 0 Å².